The Labute approximate surface area is 261 Å². The highest BCUT2D eigenvalue weighted by molar-refractivity contribution is 8.44. The number of fused-ring (bicyclic) bond motifs is 5. The minimum atomic E-state index is -4.36. The second-order valence-corrected chi connectivity index (χ2v) is 16.0. The van der Waals surface area contributed by atoms with Crippen LogP contribution in [0.15, 0.2) is 29.7 Å². The minimum absolute atomic E-state index is 0.0327. The molecule has 3 fully saturated rings. The van der Waals surface area contributed by atoms with Crippen molar-refractivity contribution in [3.8, 4) is 0 Å². The van der Waals surface area contributed by atoms with E-state index in [0.717, 1.165) is 0 Å². The van der Waals surface area contributed by atoms with Gasteiger partial charge >= 0.3 is 13.6 Å². The van der Waals surface area contributed by atoms with Gasteiger partial charge in [-0.25, -0.2) is 24.1 Å². The molecule has 3 aliphatic rings. The smallest absolute Gasteiger partial charge is 0.386 e. The van der Waals surface area contributed by atoms with Crippen molar-refractivity contribution in [3.63, 3.8) is 0 Å². The van der Waals surface area contributed by atoms with Crippen molar-refractivity contribution in [2.75, 3.05) is 24.7 Å². The molecule has 242 valence electrons. The molecule has 2 bridgehead atoms. The van der Waals surface area contributed by atoms with Gasteiger partial charge in [-0.05, 0) is 6.07 Å². The third kappa shape index (κ3) is 5.57. The lowest BCUT2D eigenvalue weighted by Gasteiger charge is -2.26. The molecule has 45 heavy (non-hydrogen) atoms. The summed E-state index contributed by atoms with van der Waals surface area (Å²) in [6, 6.07) is 1.62. The summed E-state index contributed by atoms with van der Waals surface area (Å²) >= 11 is 8.14. The van der Waals surface area contributed by atoms with Gasteiger partial charge < -0.3 is 35.7 Å². The van der Waals surface area contributed by atoms with Gasteiger partial charge in [-0.2, -0.15) is 4.98 Å². The van der Waals surface area contributed by atoms with E-state index in [9.17, 15) is 24.1 Å². The van der Waals surface area contributed by atoms with Crippen LogP contribution in [0.25, 0.3) is 22.2 Å². The molecule has 0 aliphatic carbocycles. The van der Waals surface area contributed by atoms with E-state index in [1.165, 1.54) is 21.8 Å². The Hall–Kier alpha value is -2.59. The number of aliphatic hydroxyl groups excluding tert-OH is 2. The van der Waals surface area contributed by atoms with Crippen LogP contribution in [0, 0.1) is 0 Å². The number of aliphatic hydroxyl groups is 2. The lowest BCUT2D eigenvalue weighted by Crippen LogP contribution is -2.35. The number of nitrogen functional groups attached to an aromatic ring is 2. The van der Waals surface area contributed by atoms with Gasteiger partial charge in [0.15, 0.2) is 23.6 Å². The number of thiol groups is 2. The fourth-order valence-corrected chi connectivity index (χ4v) is 8.39. The molecule has 24 heteroatoms. The lowest BCUT2D eigenvalue weighted by atomic mass is 10.1. The SMILES string of the molecule is Nc1nc2c(ncn2C2OC3COP(=O)(S)OC4C(COP(=O)(S)OC2C3O)OC(n2ccc3c(N)ncnc32)C4O)c(=O)[nH]1. The van der Waals surface area contributed by atoms with E-state index in [4.69, 9.17) is 39.0 Å². The summed E-state index contributed by atoms with van der Waals surface area (Å²) in [5.41, 5.74) is 11.2. The summed E-state index contributed by atoms with van der Waals surface area (Å²) in [4.78, 5) is 30.9. The zero-order chi connectivity index (χ0) is 31.8. The largest absolute Gasteiger partial charge is 0.387 e. The van der Waals surface area contributed by atoms with Crippen LogP contribution in [0.1, 0.15) is 12.5 Å². The van der Waals surface area contributed by atoms with E-state index in [1.54, 1.807) is 12.3 Å². The summed E-state index contributed by atoms with van der Waals surface area (Å²) in [6.07, 6.45) is -6.96. The standard InChI is InChI=1S/C21H25N9O11P2S2/c22-15-7-1-2-29(16(7)25-5-24-15)19-12(32)13-9(39-19)4-37-43(35,45)41-14-11(31)8(3-36-42(34,44)40-13)38-20(14)30-6-26-10-17(30)27-21(23)28-18(10)33/h1-2,5-6,8-9,11-14,19-20,31-32H,3-4H2,(H,34,44)(H,35,45)(H2,22,24,25)(H3,23,27,28,33). The van der Waals surface area contributed by atoms with Crippen LogP contribution in [0.4, 0.5) is 11.8 Å². The average molecular weight is 706 g/mol. The van der Waals surface area contributed by atoms with Gasteiger partial charge in [-0.15, -0.1) is 0 Å². The quantitative estimate of drug-likeness (QED) is 0.108. The molecule has 7 rings (SSSR count). The summed E-state index contributed by atoms with van der Waals surface area (Å²) in [5.74, 6) is -0.0269. The number of nitrogens with one attached hydrogen (secondary N) is 1. The molecule has 0 amide bonds. The van der Waals surface area contributed by atoms with Crippen LogP contribution >= 0.6 is 38.1 Å². The van der Waals surface area contributed by atoms with E-state index < -0.39 is 81.4 Å². The number of rotatable bonds is 2. The van der Waals surface area contributed by atoms with Gasteiger partial charge in [0.05, 0.1) is 24.9 Å². The Morgan fingerprint density at radius 1 is 0.911 bits per heavy atom. The van der Waals surface area contributed by atoms with Crippen LogP contribution in [0.5, 0.6) is 0 Å². The van der Waals surface area contributed by atoms with Gasteiger partial charge in [-0.1, -0.05) is 24.5 Å². The predicted molar refractivity (Wildman–Crippen MR) is 159 cm³/mol. The van der Waals surface area contributed by atoms with E-state index >= 15 is 0 Å². The van der Waals surface area contributed by atoms with Crippen molar-refractivity contribution >= 4 is 72.1 Å². The summed E-state index contributed by atoms with van der Waals surface area (Å²) in [6.45, 7) is -9.82. The number of H-pyrrole nitrogens is 1. The normalized spacial score (nSPS) is 37.7. The lowest BCUT2D eigenvalue weighted by molar-refractivity contribution is -0.0574. The molecule has 4 aromatic rings. The number of nitrogens with zero attached hydrogens (tertiary/aromatic N) is 6. The molecule has 4 aromatic heterocycles. The Balaban J connectivity index is 1.21. The number of aromatic nitrogens is 7. The Morgan fingerprint density at radius 3 is 2.36 bits per heavy atom. The molecule has 3 saturated heterocycles. The van der Waals surface area contributed by atoms with Gasteiger partial charge in [0, 0.05) is 6.20 Å². The summed E-state index contributed by atoms with van der Waals surface area (Å²) < 4.78 is 63.9. The number of aromatic amines is 1. The third-order valence-electron chi connectivity index (χ3n) is 7.47. The molecule has 7 heterocycles. The van der Waals surface area contributed by atoms with Crippen LogP contribution in [-0.4, -0.2) is 94.1 Å². The highest BCUT2D eigenvalue weighted by atomic mass is 32.7. The second-order valence-electron chi connectivity index (χ2n) is 10.3. The van der Waals surface area contributed by atoms with E-state index in [1.807, 2.05) is 0 Å². The first-order valence-corrected chi connectivity index (χ1v) is 18.5. The van der Waals surface area contributed by atoms with Crippen molar-refractivity contribution in [3.05, 3.63) is 35.3 Å². The van der Waals surface area contributed by atoms with Crippen molar-refractivity contribution in [2.24, 2.45) is 0 Å². The molecule has 0 saturated carbocycles. The third-order valence-corrected chi connectivity index (χ3v) is 10.7. The van der Waals surface area contributed by atoms with Gasteiger partial charge in [0.2, 0.25) is 5.95 Å². The van der Waals surface area contributed by atoms with Crippen molar-refractivity contribution in [2.45, 2.75) is 49.1 Å². The number of ether oxygens (including phenoxy) is 2. The first-order valence-electron chi connectivity index (χ1n) is 13.1. The monoisotopic (exact) mass is 705 g/mol. The highest BCUT2D eigenvalue weighted by Gasteiger charge is 2.53. The molecule has 3 aliphatic heterocycles. The second kappa shape index (κ2) is 11.3. The highest BCUT2D eigenvalue weighted by Crippen LogP contribution is 2.60. The summed E-state index contributed by atoms with van der Waals surface area (Å²) in [5, 5.41) is 22.9. The summed E-state index contributed by atoms with van der Waals surface area (Å²) in [7, 11) is 0. The molecule has 7 N–H and O–H groups in total. The first kappa shape index (κ1) is 31.0. The number of nitrogens with two attached hydrogens (primary N) is 2. The van der Waals surface area contributed by atoms with Gasteiger partial charge in [-0.3, -0.25) is 32.4 Å². The molecule has 10 atom stereocenters. The van der Waals surface area contributed by atoms with Crippen molar-refractivity contribution in [1.29, 1.82) is 0 Å². The van der Waals surface area contributed by atoms with Crippen LogP contribution in [0.2, 0.25) is 0 Å². The maximum absolute atomic E-state index is 13.5. The van der Waals surface area contributed by atoms with Crippen LogP contribution in [-0.2, 0) is 36.7 Å². The predicted octanol–water partition coefficient (Wildman–Crippen LogP) is 0.138. The van der Waals surface area contributed by atoms with Crippen molar-refractivity contribution in [1.82, 2.24) is 34.1 Å². The molecule has 0 radical (unpaired) electrons. The molecule has 0 aromatic carbocycles. The average Bonchev–Trinajstić information content (AvgIpc) is 3.72. The number of imidazole rings is 1. The Kier molecular flexibility index (Phi) is 7.78. The van der Waals surface area contributed by atoms with E-state index in [-0.39, 0.29) is 22.9 Å². The Bertz CT molecular complexity index is 1940. The van der Waals surface area contributed by atoms with Crippen molar-refractivity contribution < 1.29 is 46.9 Å². The first-order chi connectivity index (χ1) is 21.3. The molecule has 10 unspecified atom stereocenters. The van der Waals surface area contributed by atoms with E-state index in [2.05, 4.69) is 49.4 Å². The molecule has 0 spiro atoms. The Morgan fingerprint density at radius 2 is 1.60 bits per heavy atom. The van der Waals surface area contributed by atoms with Gasteiger partial charge in [0.1, 0.15) is 54.4 Å². The maximum atomic E-state index is 13.5. The zero-order valence-electron chi connectivity index (χ0n) is 22.5. The van der Waals surface area contributed by atoms with Gasteiger partial charge in [0.25, 0.3) is 5.56 Å². The van der Waals surface area contributed by atoms with Crippen LogP contribution in [0.3, 0.4) is 0 Å². The van der Waals surface area contributed by atoms with Crippen LogP contribution < -0.4 is 17.0 Å². The fraction of sp³-hybridized carbons (Fsp3) is 0.476. The topological polar surface area (TPSA) is 276 Å². The number of anilines is 2. The maximum Gasteiger partial charge on any atom is 0.386 e. The molecular weight excluding hydrogens is 680 g/mol. The van der Waals surface area contributed by atoms with E-state index in [0.29, 0.717) is 11.0 Å². The molecular formula is C21H25N9O11P2S2. The number of hydrogen-bond acceptors (Lipinski definition) is 17. The number of hydrogen-bond donors (Lipinski definition) is 7. The molecule has 20 nitrogen and oxygen atoms in total. The zero-order valence-corrected chi connectivity index (χ0v) is 26.1. The fourth-order valence-electron chi connectivity index (χ4n) is 5.44. The minimum Gasteiger partial charge on any atom is -0.387 e.